The molecule has 1 aromatic carbocycles. The number of carbonyl (C=O) groups excluding carboxylic acids is 1. The van der Waals surface area contributed by atoms with Gasteiger partial charge in [-0.1, -0.05) is 28.1 Å². The van der Waals surface area contributed by atoms with Crippen molar-refractivity contribution in [3.05, 3.63) is 40.4 Å². The van der Waals surface area contributed by atoms with Crippen LogP contribution < -0.4 is 5.32 Å². The molecule has 0 bridgehead atoms. The van der Waals surface area contributed by atoms with E-state index in [2.05, 4.69) is 33.4 Å². The second-order valence-electron chi connectivity index (χ2n) is 4.43. The highest BCUT2D eigenvalue weighted by Crippen LogP contribution is 2.23. The Labute approximate surface area is 110 Å². The third-order valence-corrected chi connectivity index (χ3v) is 3.96. The van der Waals surface area contributed by atoms with Crippen LogP contribution in [0.3, 0.4) is 0 Å². The van der Waals surface area contributed by atoms with Gasteiger partial charge in [-0.05, 0) is 49.9 Å². The Hall–Kier alpha value is -1.09. The van der Waals surface area contributed by atoms with Crippen LogP contribution >= 0.6 is 15.9 Å². The van der Waals surface area contributed by atoms with Crippen molar-refractivity contribution in [1.29, 1.82) is 0 Å². The van der Waals surface area contributed by atoms with Gasteiger partial charge in [-0.15, -0.1) is 0 Å². The quantitative estimate of drug-likeness (QED) is 0.819. The summed E-state index contributed by atoms with van der Waals surface area (Å²) in [5.41, 5.74) is 2.01. The molecule has 2 rings (SSSR count). The number of amides is 1. The lowest BCUT2D eigenvalue weighted by Crippen LogP contribution is -2.23. The van der Waals surface area contributed by atoms with Crippen LogP contribution in [-0.4, -0.2) is 5.91 Å². The van der Waals surface area contributed by atoms with E-state index in [1.165, 1.54) is 0 Å². The summed E-state index contributed by atoms with van der Waals surface area (Å²) >= 11 is 3.45. The Balaban J connectivity index is 2.02. The molecule has 3 heteroatoms. The number of rotatable bonds is 2. The summed E-state index contributed by atoms with van der Waals surface area (Å²) < 4.78 is 1.07. The van der Waals surface area contributed by atoms with E-state index in [-0.39, 0.29) is 11.8 Å². The van der Waals surface area contributed by atoms with Crippen molar-refractivity contribution in [3.8, 4) is 0 Å². The van der Waals surface area contributed by atoms with E-state index in [0.29, 0.717) is 0 Å². The Morgan fingerprint density at radius 1 is 1.41 bits per heavy atom. The van der Waals surface area contributed by atoms with E-state index in [1.807, 2.05) is 25.1 Å². The first-order valence-electron chi connectivity index (χ1n) is 5.89. The van der Waals surface area contributed by atoms with Gasteiger partial charge in [0.15, 0.2) is 0 Å². The largest absolute Gasteiger partial charge is 0.326 e. The van der Waals surface area contributed by atoms with E-state index in [9.17, 15) is 4.79 Å². The first-order chi connectivity index (χ1) is 8.16. The molecule has 0 aliphatic heterocycles. The average molecular weight is 294 g/mol. The van der Waals surface area contributed by atoms with Gasteiger partial charge < -0.3 is 5.32 Å². The van der Waals surface area contributed by atoms with Crippen LogP contribution in [-0.2, 0) is 4.79 Å². The fourth-order valence-corrected chi connectivity index (χ4v) is 2.25. The van der Waals surface area contributed by atoms with Gasteiger partial charge >= 0.3 is 0 Å². The Morgan fingerprint density at radius 2 is 2.24 bits per heavy atom. The summed E-state index contributed by atoms with van der Waals surface area (Å²) in [5, 5.41) is 2.99. The molecule has 1 amide bonds. The lowest BCUT2D eigenvalue weighted by atomic mass is 9.93. The number of halogens is 1. The second kappa shape index (κ2) is 5.50. The molecular weight excluding hydrogens is 278 g/mol. The highest BCUT2D eigenvalue weighted by atomic mass is 79.9. The van der Waals surface area contributed by atoms with E-state index in [0.717, 1.165) is 35.0 Å². The number of nitrogens with one attached hydrogen (secondary N) is 1. The molecule has 0 unspecified atom stereocenters. The summed E-state index contributed by atoms with van der Waals surface area (Å²) in [6.07, 6.45) is 7.07. The highest BCUT2D eigenvalue weighted by Gasteiger charge is 2.18. The van der Waals surface area contributed by atoms with Crippen LogP contribution in [0.1, 0.15) is 24.8 Å². The van der Waals surface area contributed by atoms with Crippen molar-refractivity contribution in [2.24, 2.45) is 5.92 Å². The third kappa shape index (κ3) is 3.19. The standard InChI is InChI=1S/C14H16BrNO/c1-10-9-12(7-8-13(10)15)16-14(17)11-5-3-2-4-6-11/h2-3,7-9,11H,4-6H2,1H3,(H,16,17)/t11-/m0/s1. The minimum atomic E-state index is 0.129. The van der Waals surface area contributed by atoms with Crippen LogP contribution in [0, 0.1) is 12.8 Å². The molecule has 90 valence electrons. The van der Waals surface area contributed by atoms with E-state index in [1.54, 1.807) is 0 Å². The average Bonchev–Trinajstić information content (AvgIpc) is 2.35. The maximum absolute atomic E-state index is 12.0. The third-order valence-electron chi connectivity index (χ3n) is 3.07. The molecule has 17 heavy (non-hydrogen) atoms. The second-order valence-corrected chi connectivity index (χ2v) is 5.29. The van der Waals surface area contributed by atoms with Crippen molar-refractivity contribution in [1.82, 2.24) is 0 Å². The monoisotopic (exact) mass is 293 g/mol. The van der Waals surface area contributed by atoms with E-state index < -0.39 is 0 Å². The lowest BCUT2D eigenvalue weighted by Gasteiger charge is -2.17. The molecule has 0 heterocycles. The van der Waals surface area contributed by atoms with Crippen molar-refractivity contribution in [3.63, 3.8) is 0 Å². The maximum Gasteiger partial charge on any atom is 0.227 e. The summed E-state index contributed by atoms with van der Waals surface area (Å²) in [6.45, 7) is 2.02. The van der Waals surface area contributed by atoms with Gasteiger partial charge in [0.2, 0.25) is 5.91 Å². The Bertz CT molecular complexity index is 454. The van der Waals surface area contributed by atoms with Gasteiger partial charge in [0, 0.05) is 16.1 Å². The predicted octanol–water partition coefficient (Wildman–Crippen LogP) is 4.05. The van der Waals surface area contributed by atoms with Gasteiger partial charge in [0.05, 0.1) is 0 Å². The van der Waals surface area contributed by atoms with Crippen LogP contribution in [0.25, 0.3) is 0 Å². The molecular formula is C14H16BrNO. The highest BCUT2D eigenvalue weighted by molar-refractivity contribution is 9.10. The molecule has 1 aromatic rings. The molecule has 1 aliphatic rings. The first kappa shape index (κ1) is 12.4. The molecule has 2 nitrogen and oxygen atoms in total. The smallest absolute Gasteiger partial charge is 0.227 e. The molecule has 0 fully saturated rings. The molecule has 1 N–H and O–H groups in total. The summed E-state index contributed by atoms with van der Waals surface area (Å²) in [7, 11) is 0. The topological polar surface area (TPSA) is 29.1 Å². The summed E-state index contributed by atoms with van der Waals surface area (Å²) in [4.78, 5) is 12.0. The van der Waals surface area contributed by atoms with Crippen LogP contribution in [0.15, 0.2) is 34.8 Å². The zero-order valence-corrected chi connectivity index (χ0v) is 11.5. The number of carbonyl (C=O) groups is 1. The normalized spacial score (nSPS) is 19.1. The molecule has 0 saturated heterocycles. The zero-order chi connectivity index (χ0) is 12.3. The van der Waals surface area contributed by atoms with Crippen molar-refractivity contribution < 1.29 is 4.79 Å². The van der Waals surface area contributed by atoms with E-state index >= 15 is 0 Å². The van der Waals surface area contributed by atoms with Crippen LogP contribution in [0.4, 0.5) is 5.69 Å². The Kier molecular flexibility index (Phi) is 4.00. The SMILES string of the molecule is Cc1cc(NC(=O)[C@H]2CC=CCC2)ccc1Br. The van der Waals surface area contributed by atoms with Crippen LogP contribution in [0.2, 0.25) is 0 Å². The van der Waals surface area contributed by atoms with Crippen molar-refractivity contribution >= 4 is 27.5 Å². The molecule has 0 spiro atoms. The number of anilines is 1. The number of benzene rings is 1. The van der Waals surface area contributed by atoms with Gasteiger partial charge in [-0.25, -0.2) is 0 Å². The zero-order valence-electron chi connectivity index (χ0n) is 9.87. The summed E-state index contributed by atoms with van der Waals surface area (Å²) in [5.74, 6) is 0.264. The summed E-state index contributed by atoms with van der Waals surface area (Å²) in [6, 6.07) is 5.88. The van der Waals surface area contributed by atoms with Crippen molar-refractivity contribution in [2.75, 3.05) is 5.32 Å². The predicted molar refractivity (Wildman–Crippen MR) is 74.0 cm³/mol. The molecule has 0 saturated carbocycles. The van der Waals surface area contributed by atoms with Gasteiger partial charge in [0.25, 0.3) is 0 Å². The molecule has 1 aliphatic carbocycles. The minimum Gasteiger partial charge on any atom is -0.326 e. The van der Waals surface area contributed by atoms with Crippen molar-refractivity contribution in [2.45, 2.75) is 26.2 Å². The number of hydrogen-bond donors (Lipinski definition) is 1. The van der Waals surface area contributed by atoms with Gasteiger partial charge in [0.1, 0.15) is 0 Å². The number of allylic oxidation sites excluding steroid dienone is 2. The van der Waals surface area contributed by atoms with E-state index in [4.69, 9.17) is 0 Å². The van der Waals surface area contributed by atoms with Gasteiger partial charge in [-0.2, -0.15) is 0 Å². The fraction of sp³-hybridized carbons (Fsp3) is 0.357. The lowest BCUT2D eigenvalue weighted by molar-refractivity contribution is -0.120. The molecule has 0 aromatic heterocycles. The Morgan fingerprint density at radius 3 is 2.88 bits per heavy atom. The fourth-order valence-electron chi connectivity index (χ4n) is 2.00. The minimum absolute atomic E-state index is 0.129. The number of hydrogen-bond acceptors (Lipinski definition) is 1. The maximum atomic E-state index is 12.0. The van der Waals surface area contributed by atoms with Gasteiger partial charge in [-0.3, -0.25) is 4.79 Å². The van der Waals surface area contributed by atoms with Crippen LogP contribution in [0.5, 0.6) is 0 Å². The first-order valence-corrected chi connectivity index (χ1v) is 6.68. The number of aryl methyl sites for hydroxylation is 1. The molecule has 1 atom stereocenters. The molecule has 0 radical (unpaired) electrons.